The van der Waals surface area contributed by atoms with Crippen molar-refractivity contribution in [2.75, 3.05) is 14.1 Å². The summed E-state index contributed by atoms with van der Waals surface area (Å²) < 4.78 is 37.1. The maximum Gasteiger partial charge on any atom is 0.386 e. The van der Waals surface area contributed by atoms with Gasteiger partial charge in [0.05, 0.1) is 21.8 Å². The maximum absolute atomic E-state index is 11.7. The van der Waals surface area contributed by atoms with Crippen LogP contribution in [0.3, 0.4) is 0 Å². The van der Waals surface area contributed by atoms with Crippen molar-refractivity contribution >= 4 is 45.2 Å². The van der Waals surface area contributed by atoms with Crippen LogP contribution in [0.25, 0.3) is 11.3 Å². The molecular weight excluding hydrogens is 345 g/mol. The summed E-state index contributed by atoms with van der Waals surface area (Å²) in [5, 5.41) is 0.590. The molecule has 0 bridgehead atoms. The fraction of sp³-hybridized carbons (Fsp3) is 0.200. The lowest BCUT2D eigenvalue weighted by Gasteiger charge is -2.11. The fourth-order valence-electron chi connectivity index (χ4n) is 1.26. The SMILES string of the molecule is CN(C)S(=O)(=O)Oc1nsnc1-c1cccc(Cl)c1Cl. The Hall–Kier alpha value is -0.930. The molecular formula is C10H9Cl2N3O3S2. The molecule has 1 aromatic carbocycles. The molecule has 10 heteroatoms. The van der Waals surface area contributed by atoms with E-state index in [1.165, 1.54) is 14.1 Å². The summed E-state index contributed by atoms with van der Waals surface area (Å²) >= 11 is 12.8. The molecule has 0 fully saturated rings. The molecule has 1 heterocycles. The Morgan fingerprint density at radius 2 is 1.95 bits per heavy atom. The zero-order valence-corrected chi connectivity index (χ0v) is 13.5. The molecule has 1 aromatic heterocycles. The highest BCUT2D eigenvalue weighted by Gasteiger charge is 2.23. The van der Waals surface area contributed by atoms with Crippen LogP contribution in [0.5, 0.6) is 5.88 Å². The van der Waals surface area contributed by atoms with Gasteiger partial charge in [0.15, 0.2) is 5.69 Å². The lowest BCUT2D eigenvalue weighted by molar-refractivity contribution is 0.417. The van der Waals surface area contributed by atoms with E-state index in [0.29, 0.717) is 10.6 Å². The number of hydrogen-bond acceptors (Lipinski definition) is 6. The van der Waals surface area contributed by atoms with Gasteiger partial charge in [-0.25, -0.2) is 0 Å². The highest BCUT2D eigenvalue weighted by atomic mass is 35.5. The second kappa shape index (κ2) is 5.82. The number of hydrogen-bond donors (Lipinski definition) is 0. The van der Waals surface area contributed by atoms with E-state index >= 15 is 0 Å². The third kappa shape index (κ3) is 3.04. The maximum atomic E-state index is 11.7. The standard InChI is InChI=1S/C10H9Cl2N3O3S2/c1-15(2)20(16,17)18-10-9(13-19-14-10)6-4-3-5-7(11)8(6)12/h3-5H,1-2H3. The van der Waals surface area contributed by atoms with Gasteiger partial charge in [0.1, 0.15) is 0 Å². The van der Waals surface area contributed by atoms with Gasteiger partial charge < -0.3 is 4.18 Å². The lowest BCUT2D eigenvalue weighted by Crippen LogP contribution is -2.27. The highest BCUT2D eigenvalue weighted by Crippen LogP contribution is 2.37. The summed E-state index contributed by atoms with van der Waals surface area (Å²) in [7, 11) is -1.22. The van der Waals surface area contributed by atoms with Crippen molar-refractivity contribution in [1.82, 2.24) is 13.1 Å². The molecule has 0 atom stereocenters. The van der Waals surface area contributed by atoms with Gasteiger partial charge in [-0.05, 0) is 6.07 Å². The van der Waals surface area contributed by atoms with Crippen LogP contribution in [-0.2, 0) is 10.3 Å². The van der Waals surface area contributed by atoms with E-state index in [-0.39, 0.29) is 16.6 Å². The molecule has 0 N–H and O–H groups in total. The van der Waals surface area contributed by atoms with E-state index in [1.807, 2.05) is 0 Å². The van der Waals surface area contributed by atoms with E-state index in [0.717, 1.165) is 16.0 Å². The average Bonchev–Trinajstić information content (AvgIpc) is 2.80. The van der Waals surface area contributed by atoms with E-state index < -0.39 is 10.3 Å². The molecule has 0 aliphatic heterocycles. The van der Waals surface area contributed by atoms with Gasteiger partial charge in [0.2, 0.25) is 0 Å². The second-order valence-corrected chi connectivity index (χ2v) is 6.91. The topological polar surface area (TPSA) is 72.4 Å². The van der Waals surface area contributed by atoms with Gasteiger partial charge in [-0.2, -0.15) is 17.1 Å². The van der Waals surface area contributed by atoms with Crippen LogP contribution < -0.4 is 4.18 Å². The van der Waals surface area contributed by atoms with Crippen LogP contribution in [0.4, 0.5) is 0 Å². The monoisotopic (exact) mass is 353 g/mol. The Labute approximate surface area is 130 Å². The molecule has 2 rings (SSSR count). The van der Waals surface area contributed by atoms with E-state index in [2.05, 4.69) is 8.75 Å². The van der Waals surface area contributed by atoms with Crippen molar-refractivity contribution in [2.45, 2.75) is 0 Å². The summed E-state index contributed by atoms with van der Waals surface area (Å²) in [5.41, 5.74) is 0.685. The van der Waals surface area contributed by atoms with Gasteiger partial charge in [0, 0.05) is 19.7 Å². The van der Waals surface area contributed by atoms with E-state index in [9.17, 15) is 8.42 Å². The number of benzene rings is 1. The molecule has 0 unspecified atom stereocenters. The Bertz CT molecular complexity index is 731. The number of halogens is 2. The predicted octanol–water partition coefficient (Wildman–Crippen LogP) is 2.70. The molecule has 0 aliphatic carbocycles. The van der Waals surface area contributed by atoms with Crippen molar-refractivity contribution in [1.29, 1.82) is 0 Å². The first-order chi connectivity index (χ1) is 9.33. The van der Waals surface area contributed by atoms with Gasteiger partial charge >= 0.3 is 10.3 Å². The molecule has 0 aliphatic rings. The van der Waals surface area contributed by atoms with Gasteiger partial charge in [0.25, 0.3) is 5.88 Å². The first kappa shape index (κ1) is 15.5. The quantitative estimate of drug-likeness (QED) is 0.844. The minimum Gasteiger partial charge on any atom is -0.347 e. The molecule has 2 aromatic rings. The first-order valence-corrected chi connectivity index (χ1v) is 8.07. The zero-order chi connectivity index (χ0) is 14.9. The molecule has 0 amide bonds. The molecule has 0 spiro atoms. The summed E-state index contributed by atoms with van der Waals surface area (Å²) in [6, 6.07) is 4.94. The largest absolute Gasteiger partial charge is 0.386 e. The molecule has 0 saturated carbocycles. The van der Waals surface area contributed by atoms with Crippen molar-refractivity contribution in [2.24, 2.45) is 0 Å². The van der Waals surface area contributed by atoms with Gasteiger partial charge in [-0.3, -0.25) is 0 Å². The number of nitrogens with zero attached hydrogens (tertiary/aromatic N) is 3. The third-order valence-electron chi connectivity index (χ3n) is 2.30. The summed E-state index contributed by atoms with van der Waals surface area (Å²) in [4.78, 5) is 0. The van der Waals surface area contributed by atoms with E-state index in [4.69, 9.17) is 27.4 Å². The predicted molar refractivity (Wildman–Crippen MR) is 78.6 cm³/mol. The fourth-order valence-corrected chi connectivity index (χ4v) is 2.66. The van der Waals surface area contributed by atoms with Crippen LogP contribution in [-0.4, -0.2) is 35.6 Å². The minimum absolute atomic E-state index is 0.132. The second-order valence-electron chi connectivity index (χ2n) is 3.84. The summed E-state index contributed by atoms with van der Waals surface area (Å²) in [5.74, 6) is -0.132. The van der Waals surface area contributed by atoms with Gasteiger partial charge in [-0.1, -0.05) is 35.3 Å². The van der Waals surface area contributed by atoms with Crippen molar-refractivity contribution in [3.05, 3.63) is 28.2 Å². The minimum atomic E-state index is -3.91. The normalized spacial score (nSPS) is 11.8. The first-order valence-electron chi connectivity index (χ1n) is 5.22. The van der Waals surface area contributed by atoms with Crippen molar-refractivity contribution in [3.63, 3.8) is 0 Å². The molecule has 108 valence electrons. The zero-order valence-electron chi connectivity index (χ0n) is 10.4. The van der Waals surface area contributed by atoms with Crippen LogP contribution in [0.2, 0.25) is 10.0 Å². The van der Waals surface area contributed by atoms with Crippen LogP contribution in [0, 0.1) is 0 Å². The summed E-state index contributed by atoms with van der Waals surface area (Å²) in [6.07, 6.45) is 0. The Morgan fingerprint density at radius 3 is 2.60 bits per heavy atom. The number of aromatic nitrogens is 2. The molecule has 0 radical (unpaired) electrons. The van der Waals surface area contributed by atoms with Crippen LogP contribution >= 0.6 is 34.9 Å². The van der Waals surface area contributed by atoms with Crippen LogP contribution in [0.15, 0.2) is 18.2 Å². The van der Waals surface area contributed by atoms with E-state index in [1.54, 1.807) is 18.2 Å². The molecule has 0 saturated heterocycles. The van der Waals surface area contributed by atoms with Gasteiger partial charge in [-0.15, -0.1) is 4.37 Å². The smallest absolute Gasteiger partial charge is 0.347 e. The average molecular weight is 354 g/mol. The Balaban J connectivity index is 2.47. The molecule has 20 heavy (non-hydrogen) atoms. The highest BCUT2D eigenvalue weighted by molar-refractivity contribution is 7.84. The van der Waals surface area contributed by atoms with Crippen molar-refractivity contribution in [3.8, 4) is 17.1 Å². The lowest BCUT2D eigenvalue weighted by atomic mass is 10.1. The Morgan fingerprint density at radius 1 is 1.25 bits per heavy atom. The Kier molecular flexibility index (Phi) is 4.50. The third-order valence-corrected chi connectivity index (χ3v) is 4.89. The number of rotatable bonds is 4. The van der Waals surface area contributed by atoms with Crippen LogP contribution in [0.1, 0.15) is 0 Å². The summed E-state index contributed by atoms with van der Waals surface area (Å²) in [6.45, 7) is 0. The van der Waals surface area contributed by atoms with Crippen molar-refractivity contribution < 1.29 is 12.6 Å². The molecule has 6 nitrogen and oxygen atoms in total.